The van der Waals surface area contributed by atoms with E-state index in [-0.39, 0.29) is 5.91 Å². The Hall–Kier alpha value is -0.160. The summed E-state index contributed by atoms with van der Waals surface area (Å²) in [4.78, 5) is 19.9. The second-order valence-corrected chi connectivity index (χ2v) is 8.01. The molecule has 0 atom stereocenters. The molecule has 0 bridgehead atoms. The maximum atomic E-state index is 11.6. The van der Waals surface area contributed by atoms with Crippen LogP contribution >= 0.6 is 62.3 Å². The van der Waals surface area contributed by atoms with Gasteiger partial charge in [-0.25, -0.2) is 9.97 Å². The predicted octanol–water partition coefficient (Wildman–Crippen LogP) is 3.21. The topological polar surface area (TPSA) is 67.8 Å². The van der Waals surface area contributed by atoms with Gasteiger partial charge in [0.1, 0.15) is 0 Å². The molecular formula is C8H7BrN4OS4. The number of carbonyl (C=O) groups is 1. The molecule has 0 spiro atoms. The largest absolute Gasteiger partial charge is 0.301 e. The van der Waals surface area contributed by atoms with Crippen LogP contribution in [0.2, 0.25) is 0 Å². The number of rotatable bonds is 5. The van der Waals surface area contributed by atoms with Crippen LogP contribution in [0.25, 0.3) is 0 Å². The second kappa shape index (κ2) is 6.85. The molecule has 2 aromatic heterocycles. The lowest BCUT2D eigenvalue weighted by molar-refractivity contribution is -0.113. The second-order valence-electron chi connectivity index (χ2n) is 2.85. The van der Waals surface area contributed by atoms with Crippen molar-refractivity contribution in [2.24, 2.45) is 0 Å². The monoisotopic (exact) mass is 382 g/mol. The Morgan fingerprint density at radius 3 is 3.06 bits per heavy atom. The van der Waals surface area contributed by atoms with Crippen LogP contribution < -0.4 is 5.32 Å². The summed E-state index contributed by atoms with van der Waals surface area (Å²) in [5.74, 6) is 0.211. The zero-order chi connectivity index (χ0) is 13.0. The van der Waals surface area contributed by atoms with Crippen LogP contribution in [0.5, 0.6) is 0 Å². The molecule has 2 aromatic rings. The van der Waals surface area contributed by atoms with Gasteiger partial charge in [-0.1, -0.05) is 34.9 Å². The molecule has 2 rings (SSSR count). The minimum Gasteiger partial charge on any atom is -0.301 e. The van der Waals surface area contributed by atoms with Crippen LogP contribution in [-0.4, -0.2) is 32.3 Å². The van der Waals surface area contributed by atoms with E-state index in [0.29, 0.717) is 10.9 Å². The van der Waals surface area contributed by atoms with Crippen molar-refractivity contribution in [3.8, 4) is 0 Å². The molecular weight excluding hydrogens is 376 g/mol. The fourth-order valence-corrected chi connectivity index (χ4v) is 4.07. The number of aromatic nitrogens is 3. The van der Waals surface area contributed by atoms with Gasteiger partial charge in [-0.2, -0.15) is 4.37 Å². The van der Waals surface area contributed by atoms with E-state index in [0.717, 1.165) is 13.3 Å². The van der Waals surface area contributed by atoms with Crippen LogP contribution in [0, 0.1) is 0 Å². The average molecular weight is 383 g/mol. The zero-order valence-corrected chi connectivity index (χ0v) is 13.9. The van der Waals surface area contributed by atoms with Crippen molar-refractivity contribution in [1.29, 1.82) is 0 Å². The number of hydrogen-bond donors (Lipinski definition) is 1. The Balaban J connectivity index is 1.81. The molecule has 0 aromatic carbocycles. The summed E-state index contributed by atoms with van der Waals surface area (Å²) in [7, 11) is 0. The number of halogens is 1. The van der Waals surface area contributed by atoms with Crippen LogP contribution in [0.4, 0.5) is 5.13 Å². The maximum absolute atomic E-state index is 11.6. The summed E-state index contributed by atoms with van der Waals surface area (Å²) in [6.07, 6.45) is 3.58. The summed E-state index contributed by atoms with van der Waals surface area (Å²) in [6, 6.07) is 0. The fourth-order valence-electron chi connectivity index (χ4n) is 0.933. The third kappa shape index (κ3) is 4.19. The first-order valence-corrected chi connectivity index (χ1v) is 9.18. The van der Waals surface area contributed by atoms with Gasteiger partial charge < -0.3 is 5.32 Å². The van der Waals surface area contributed by atoms with Crippen molar-refractivity contribution in [3.05, 3.63) is 9.98 Å². The molecule has 2 heterocycles. The standard InChI is InChI=1S/C8H7BrN4OS4/c1-15-7-12-8(18-13-7)16-3-5(14)11-6-10-2-4(9)17-6/h2H,3H2,1H3,(H,10,11,14). The first-order chi connectivity index (χ1) is 8.67. The number of thiazole rings is 1. The minimum atomic E-state index is -0.0947. The molecule has 5 nitrogen and oxygen atoms in total. The van der Waals surface area contributed by atoms with Gasteiger partial charge in [-0.3, -0.25) is 4.79 Å². The first kappa shape index (κ1) is 14.3. The van der Waals surface area contributed by atoms with Crippen molar-refractivity contribution < 1.29 is 4.79 Å². The first-order valence-electron chi connectivity index (χ1n) is 4.59. The van der Waals surface area contributed by atoms with Crippen LogP contribution in [0.1, 0.15) is 0 Å². The normalized spacial score (nSPS) is 10.6. The number of thioether (sulfide) groups is 2. The maximum Gasteiger partial charge on any atom is 0.236 e. The van der Waals surface area contributed by atoms with E-state index in [1.807, 2.05) is 6.26 Å². The highest BCUT2D eigenvalue weighted by molar-refractivity contribution is 9.11. The molecule has 10 heteroatoms. The van der Waals surface area contributed by atoms with Gasteiger partial charge in [-0.15, -0.1) is 0 Å². The Bertz CT molecular complexity index is 543. The van der Waals surface area contributed by atoms with Gasteiger partial charge in [0.2, 0.25) is 11.1 Å². The Kier molecular flexibility index (Phi) is 5.42. The Morgan fingerprint density at radius 1 is 1.61 bits per heavy atom. The van der Waals surface area contributed by atoms with E-state index in [4.69, 9.17) is 0 Å². The Labute approximate surface area is 128 Å². The smallest absolute Gasteiger partial charge is 0.236 e. The third-order valence-electron chi connectivity index (χ3n) is 1.62. The minimum absolute atomic E-state index is 0.0947. The molecule has 96 valence electrons. The van der Waals surface area contributed by atoms with E-state index in [2.05, 4.69) is 35.6 Å². The van der Waals surface area contributed by atoms with Crippen molar-refractivity contribution in [2.75, 3.05) is 17.3 Å². The summed E-state index contributed by atoms with van der Waals surface area (Å²) < 4.78 is 5.81. The third-order valence-corrected chi connectivity index (χ3v) is 5.51. The number of carbonyl (C=O) groups excluding carboxylic acids is 1. The van der Waals surface area contributed by atoms with Crippen molar-refractivity contribution in [2.45, 2.75) is 9.50 Å². The summed E-state index contributed by atoms with van der Waals surface area (Å²) in [6.45, 7) is 0. The SMILES string of the molecule is CSc1nsc(SCC(=O)Nc2ncc(Br)s2)n1. The van der Waals surface area contributed by atoms with E-state index in [1.54, 1.807) is 6.20 Å². The predicted molar refractivity (Wildman–Crippen MR) is 80.9 cm³/mol. The Morgan fingerprint density at radius 2 is 2.44 bits per heavy atom. The van der Waals surface area contributed by atoms with Crippen molar-refractivity contribution in [3.63, 3.8) is 0 Å². The molecule has 1 N–H and O–H groups in total. The fraction of sp³-hybridized carbons (Fsp3) is 0.250. The highest BCUT2D eigenvalue weighted by Gasteiger charge is 2.09. The molecule has 0 fully saturated rings. The molecule has 1 amide bonds. The molecule has 0 aliphatic rings. The highest BCUT2D eigenvalue weighted by atomic mass is 79.9. The lowest BCUT2D eigenvalue weighted by Gasteiger charge is -1.98. The van der Waals surface area contributed by atoms with Crippen LogP contribution in [-0.2, 0) is 4.79 Å². The van der Waals surface area contributed by atoms with Gasteiger partial charge in [0.25, 0.3) is 0 Å². The summed E-state index contributed by atoms with van der Waals surface area (Å²) in [5.41, 5.74) is 0. The molecule has 0 saturated heterocycles. The number of hydrogen-bond acceptors (Lipinski definition) is 8. The van der Waals surface area contributed by atoms with Gasteiger partial charge in [0.05, 0.1) is 15.7 Å². The number of nitrogens with one attached hydrogen (secondary N) is 1. The van der Waals surface area contributed by atoms with E-state index < -0.39 is 0 Å². The molecule has 0 unspecified atom stereocenters. The number of amides is 1. The molecule has 0 aliphatic heterocycles. The van der Waals surface area contributed by atoms with Gasteiger partial charge in [0.15, 0.2) is 9.47 Å². The molecule has 0 saturated carbocycles. The van der Waals surface area contributed by atoms with Crippen molar-refractivity contribution >= 4 is 73.4 Å². The summed E-state index contributed by atoms with van der Waals surface area (Å²) >= 11 is 8.84. The van der Waals surface area contributed by atoms with Crippen LogP contribution in [0.3, 0.4) is 0 Å². The number of nitrogens with zero attached hydrogens (tertiary/aromatic N) is 3. The average Bonchev–Trinajstić information content (AvgIpc) is 2.95. The highest BCUT2D eigenvalue weighted by Crippen LogP contribution is 2.25. The molecule has 0 aliphatic carbocycles. The van der Waals surface area contributed by atoms with E-state index in [9.17, 15) is 4.79 Å². The lowest BCUT2D eigenvalue weighted by Crippen LogP contribution is -2.13. The quantitative estimate of drug-likeness (QED) is 0.800. The van der Waals surface area contributed by atoms with E-state index >= 15 is 0 Å². The molecule has 0 radical (unpaired) electrons. The van der Waals surface area contributed by atoms with Gasteiger partial charge in [0, 0.05) is 0 Å². The lowest BCUT2D eigenvalue weighted by atomic mass is 10.7. The van der Waals surface area contributed by atoms with Gasteiger partial charge >= 0.3 is 0 Å². The number of anilines is 1. The van der Waals surface area contributed by atoms with Crippen molar-refractivity contribution in [1.82, 2.24) is 14.3 Å². The summed E-state index contributed by atoms with van der Waals surface area (Å²) in [5, 5.41) is 4.06. The van der Waals surface area contributed by atoms with Gasteiger partial charge in [-0.05, 0) is 33.7 Å². The zero-order valence-electron chi connectivity index (χ0n) is 9.05. The van der Waals surface area contributed by atoms with Crippen LogP contribution in [0.15, 0.2) is 19.5 Å². The van der Waals surface area contributed by atoms with E-state index in [1.165, 1.54) is 46.4 Å². The molecule has 18 heavy (non-hydrogen) atoms.